The molecule has 1 unspecified atom stereocenters. The fourth-order valence-corrected chi connectivity index (χ4v) is 2.43. The summed E-state index contributed by atoms with van der Waals surface area (Å²) in [7, 11) is 0. The Labute approximate surface area is 121 Å². The molecule has 1 amide bonds. The Kier molecular flexibility index (Phi) is 5.57. The largest absolute Gasteiger partial charge is 0.458 e. The van der Waals surface area contributed by atoms with Crippen molar-refractivity contribution in [3.63, 3.8) is 0 Å². The van der Waals surface area contributed by atoms with Crippen molar-refractivity contribution in [3.8, 4) is 0 Å². The average molecular weight is 285 g/mol. The lowest BCUT2D eigenvalue weighted by Crippen LogP contribution is -2.47. The van der Waals surface area contributed by atoms with Gasteiger partial charge in [0.15, 0.2) is 0 Å². The molecule has 1 heterocycles. The normalized spacial score (nSPS) is 21.1. The molecule has 0 aromatic carbocycles. The molecule has 1 rings (SSSR count). The van der Waals surface area contributed by atoms with Crippen molar-refractivity contribution >= 4 is 11.9 Å². The zero-order valence-corrected chi connectivity index (χ0v) is 13.2. The minimum Gasteiger partial charge on any atom is -0.458 e. The topological polar surface area (TPSA) is 66.8 Å². The maximum atomic E-state index is 12.5. The van der Waals surface area contributed by atoms with Gasteiger partial charge in [0, 0.05) is 6.54 Å². The highest BCUT2D eigenvalue weighted by atomic mass is 16.6. The standard InChI is InChI=1S/C15H27NO4/c1-10(2)11(9-17)13(18)16-8-6-7-12(16)14(19)20-15(3,4)5/h10-12,17H,6-9H2,1-5H3/t11?,12-/m0/s1. The van der Waals surface area contributed by atoms with Crippen LogP contribution in [0.4, 0.5) is 0 Å². The number of carbonyl (C=O) groups excluding carboxylic acids is 2. The van der Waals surface area contributed by atoms with E-state index in [0.29, 0.717) is 13.0 Å². The summed E-state index contributed by atoms with van der Waals surface area (Å²) in [5.41, 5.74) is -0.553. The molecule has 1 aliphatic heterocycles. The molecule has 0 radical (unpaired) electrons. The number of ether oxygens (including phenoxy) is 1. The lowest BCUT2D eigenvalue weighted by molar-refractivity contribution is -0.164. The molecule has 0 aromatic heterocycles. The van der Waals surface area contributed by atoms with Crippen molar-refractivity contribution in [3.05, 3.63) is 0 Å². The molecule has 2 atom stereocenters. The number of aliphatic hydroxyl groups excluding tert-OH is 1. The first-order valence-electron chi connectivity index (χ1n) is 7.31. The first-order valence-corrected chi connectivity index (χ1v) is 7.31. The molecule has 1 aliphatic rings. The van der Waals surface area contributed by atoms with E-state index in [1.54, 1.807) is 4.90 Å². The smallest absolute Gasteiger partial charge is 0.329 e. The van der Waals surface area contributed by atoms with Crippen LogP contribution in [0.15, 0.2) is 0 Å². The van der Waals surface area contributed by atoms with Crippen LogP contribution in [0.25, 0.3) is 0 Å². The van der Waals surface area contributed by atoms with E-state index in [1.165, 1.54) is 0 Å². The minimum absolute atomic E-state index is 0.0485. The monoisotopic (exact) mass is 285 g/mol. The van der Waals surface area contributed by atoms with E-state index < -0.39 is 17.6 Å². The highest BCUT2D eigenvalue weighted by Crippen LogP contribution is 2.25. The Bertz CT molecular complexity index is 359. The van der Waals surface area contributed by atoms with Gasteiger partial charge in [-0.2, -0.15) is 0 Å². The van der Waals surface area contributed by atoms with Crippen molar-refractivity contribution in [1.29, 1.82) is 0 Å². The van der Waals surface area contributed by atoms with Gasteiger partial charge in [0.25, 0.3) is 0 Å². The summed E-state index contributed by atoms with van der Waals surface area (Å²) in [5, 5.41) is 9.37. The third kappa shape index (κ3) is 4.20. The van der Waals surface area contributed by atoms with Crippen LogP contribution >= 0.6 is 0 Å². The number of esters is 1. The second kappa shape index (κ2) is 6.57. The van der Waals surface area contributed by atoms with Crippen LogP contribution in [0.1, 0.15) is 47.5 Å². The maximum Gasteiger partial charge on any atom is 0.329 e. The number of hydrogen-bond donors (Lipinski definition) is 1. The van der Waals surface area contributed by atoms with Gasteiger partial charge in [-0.25, -0.2) is 4.79 Å². The molecule has 116 valence electrons. The van der Waals surface area contributed by atoms with E-state index in [9.17, 15) is 14.7 Å². The van der Waals surface area contributed by atoms with Crippen LogP contribution in [0, 0.1) is 11.8 Å². The van der Waals surface area contributed by atoms with Crippen molar-refractivity contribution in [2.24, 2.45) is 11.8 Å². The van der Waals surface area contributed by atoms with Gasteiger partial charge in [-0.3, -0.25) is 4.79 Å². The van der Waals surface area contributed by atoms with Crippen LogP contribution < -0.4 is 0 Å². The zero-order valence-electron chi connectivity index (χ0n) is 13.2. The number of likely N-dealkylation sites (tertiary alicyclic amines) is 1. The highest BCUT2D eigenvalue weighted by Gasteiger charge is 2.39. The van der Waals surface area contributed by atoms with Crippen LogP contribution in [0.2, 0.25) is 0 Å². The van der Waals surface area contributed by atoms with Gasteiger partial charge in [0.2, 0.25) is 5.91 Å². The molecule has 1 N–H and O–H groups in total. The zero-order chi connectivity index (χ0) is 15.5. The number of carbonyl (C=O) groups is 2. The molecule has 0 saturated carbocycles. The summed E-state index contributed by atoms with van der Waals surface area (Å²) >= 11 is 0. The summed E-state index contributed by atoms with van der Waals surface area (Å²) in [6.07, 6.45) is 1.43. The van der Waals surface area contributed by atoms with Gasteiger partial charge in [0.05, 0.1) is 12.5 Å². The second-order valence-corrected chi connectivity index (χ2v) is 6.76. The summed E-state index contributed by atoms with van der Waals surface area (Å²) in [5.74, 6) is -0.884. The summed E-state index contributed by atoms with van der Waals surface area (Å²) < 4.78 is 5.38. The molecule has 1 fully saturated rings. The van der Waals surface area contributed by atoms with Gasteiger partial charge in [-0.15, -0.1) is 0 Å². The predicted octanol–water partition coefficient (Wildman–Crippen LogP) is 1.58. The maximum absolute atomic E-state index is 12.5. The number of rotatable bonds is 4. The van der Waals surface area contributed by atoms with E-state index in [4.69, 9.17) is 4.74 Å². The molecule has 0 aliphatic carbocycles. The summed E-state index contributed by atoms with van der Waals surface area (Å²) in [4.78, 5) is 26.2. The molecule has 5 nitrogen and oxygen atoms in total. The first kappa shape index (κ1) is 17.0. The molecule has 1 saturated heterocycles. The van der Waals surface area contributed by atoms with Crippen LogP contribution in [-0.4, -0.2) is 46.7 Å². The number of amides is 1. The van der Waals surface area contributed by atoms with E-state index in [0.717, 1.165) is 6.42 Å². The van der Waals surface area contributed by atoms with Gasteiger partial charge < -0.3 is 14.7 Å². The highest BCUT2D eigenvalue weighted by molar-refractivity contribution is 5.86. The molecule has 0 spiro atoms. The molecule has 0 bridgehead atoms. The Morgan fingerprint density at radius 2 is 1.95 bits per heavy atom. The Morgan fingerprint density at radius 3 is 2.40 bits per heavy atom. The Hall–Kier alpha value is -1.10. The summed E-state index contributed by atoms with van der Waals surface area (Å²) in [6, 6.07) is -0.505. The van der Waals surface area contributed by atoms with E-state index in [-0.39, 0.29) is 24.4 Å². The van der Waals surface area contributed by atoms with Crippen LogP contribution in [0.3, 0.4) is 0 Å². The third-order valence-corrected chi connectivity index (χ3v) is 3.53. The molecule has 5 heteroatoms. The fourth-order valence-electron chi connectivity index (χ4n) is 2.43. The summed E-state index contributed by atoms with van der Waals surface area (Å²) in [6.45, 7) is 9.62. The SMILES string of the molecule is CC(C)C(CO)C(=O)N1CCC[C@H]1C(=O)OC(C)(C)C. The minimum atomic E-state index is -0.553. The van der Waals surface area contributed by atoms with Crippen molar-refractivity contribution < 1.29 is 19.4 Å². The Morgan fingerprint density at radius 1 is 1.35 bits per heavy atom. The third-order valence-electron chi connectivity index (χ3n) is 3.53. The molecule has 0 aromatic rings. The van der Waals surface area contributed by atoms with Crippen LogP contribution in [-0.2, 0) is 14.3 Å². The van der Waals surface area contributed by atoms with Gasteiger partial charge >= 0.3 is 5.97 Å². The van der Waals surface area contributed by atoms with Gasteiger partial charge in [-0.05, 0) is 39.5 Å². The van der Waals surface area contributed by atoms with Gasteiger partial charge in [0.1, 0.15) is 11.6 Å². The van der Waals surface area contributed by atoms with E-state index in [1.807, 2.05) is 34.6 Å². The fraction of sp³-hybridized carbons (Fsp3) is 0.867. The predicted molar refractivity (Wildman–Crippen MR) is 76.0 cm³/mol. The van der Waals surface area contributed by atoms with Crippen molar-refractivity contribution in [2.45, 2.75) is 59.1 Å². The van der Waals surface area contributed by atoms with Crippen molar-refractivity contribution in [1.82, 2.24) is 4.90 Å². The van der Waals surface area contributed by atoms with Crippen molar-refractivity contribution in [2.75, 3.05) is 13.2 Å². The second-order valence-electron chi connectivity index (χ2n) is 6.76. The van der Waals surface area contributed by atoms with E-state index in [2.05, 4.69) is 0 Å². The van der Waals surface area contributed by atoms with E-state index >= 15 is 0 Å². The Balaban J connectivity index is 2.79. The number of aliphatic hydroxyl groups is 1. The lowest BCUT2D eigenvalue weighted by atomic mass is 9.95. The quantitative estimate of drug-likeness (QED) is 0.796. The number of hydrogen-bond acceptors (Lipinski definition) is 4. The van der Waals surface area contributed by atoms with Gasteiger partial charge in [-0.1, -0.05) is 13.8 Å². The number of nitrogens with zero attached hydrogens (tertiary/aromatic N) is 1. The average Bonchev–Trinajstić information content (AvgIpc) is 2.75. The molecule has 20 heavy (non-hydrogen) atoms. The molecular formula is C15H27NO4. The first-order chi connectivity index (χ1) is 9.17. The molecular weight excluding hydrogens is 258 g/mol. The lowest BCUT2D eigenvalue weighted by Gasteiger charge is -2.30. The van der Waals surface area contributed by atoms with Crippen LogP contribution in [0.5, 0.6) is 0 Å².